The molecule has 2 heteroatoms. The molecule has 2 nitrogen and oxygen atoms in total. The zero-order valence-electron chi connectivity index (χ0n) is 8.40. The van der Waals surface area contributed by atoms with Crippen molar-refractivity contribution in [1.82, 2.24) is 10.6 Å². The summed E-state index contributed by atoms with van der Waals surface area (Å²) in [6.45, 7) is 7.96. The molecule has 0 heterocycles. The summed E-state index contributed by atoms with van der Waals surface area (Å²) in [5.74, 6) is 1.02. The Balaban J connectivity index is 1.70. The van der Waals surface area contributed by atoms with Gasteiger partial charge in [-0.1, -0.05) is 13.8 Å². The number of nitrogens with one attached hydrogen (secondary N) is 2. The van der Waals surface area contributed by atoms with E-state index in [1.165, 1.54) is 32.4 Å². The van der Waals surface area contributed by atoms with E-state index in [9.17, 15) is 0 Å². The van der Waals surface area contributed by atoms with Crippen LogP contribution in [0.3, 0.4) is 0 Å². The highest BCUT2D eigenvalue weighted by atomic mass is 14.9. The minimum absolute atomic E-state index is 0.633. The Kier molecular flexibility index (Phi) is 4.62. The average Bonchev–Trinajstić information content (AvgIpc) is 2.79. The highest BCUT2D eigenvalue weighted by Gasteiger charge is 2.19. The smallest absolute Gasteiger partial charge is 0.00103 e. The van der Waals surface area contributed by atoms with E-state index < -0.39 is 0 Å². The van der Waals surface area contributed by atoms with Crippen molar-refractivity contribution >= 4 is 0 Å². The van der Waals surface area contributed by atoms with Crippen LogP contribution in [0, 0.1) is 5.92 Å². The molecule has 0 aromatic carbocycles. The molecule has 0 atom stereocenters. The van der Waals surface area contributed by atoms with Gasteiger partial charge in [-0.25, -0.2) is 0 Å². The minimum atomic E-state index is 0.633. The molecule has 0 unspecified atom stereocenters. The van der Waals surface area contributed by atoms with Crippen LogP contribution in [0.4, 0.5) is 0 Å². The lowest BCUT2D eigenvalue weighted by Crippen LogP contribution is -2.27. The Morgan fingerprint density at radius 1 is 1.25 bits per heavy atom. The van der Waals surface area contributed by atoms with Crippen LogP contribution >= 0.6 is 0 Å². The third-order valence-electron chi connectivity index (χ3n) is 2.21. The second-order valence-corrected chi connectivity index (χ2v) is 4.11. The molecule has 2 N–H and O–H groups in total. The molecular weight excluding hydrogens is 148 g/mol. The summed E-state index contributed by atoms with van der Waals surface area (Å²) in [7, 11) is 0. The summed E-state index contributed by atoms with van der Waals surface area (Å²) >= 11 is 0. The van der Waals surface area contributed by atoms with Gasteiger partial charge in [0.05, 0.1) is 0 Å². The quantitative estimate of drug-likeness (QED) is 0.564. The van der Waals surface area contributed by atoms with E-state index in [-0.39, 0.29) is 0 Å². The van der Waals surface area contributed by atoms with Crippen molar-refractivity contribution in [1.29, 1.82) is 0 Å². The van der Waals surface area contributed by atoms with Gasteiger partial charge in [0.2, 0.25) is 0 Å². The standard InChI is InChI=1S/C10H22N2/c1-9(2)12-7-3-6-11-8-10-4-5-10/h9-12H,3-8H2,1-2H3. The lowest BCUT2D eigenvalue weighted by Gasteiger charge is -2.07. The molecule has 0 aromatic heterocycles. The Morgan fingerprint density at radius 3 is 2.58 bits per heavy atom. The van der Waals surface area contributed by atoms with Crippen molar-refractivity contribution in [3.05, 3.63) is 0 Å². The highest BCUT2D eigenvalue weighted by molar-refractivity contribution is 4.75. The van der Waals surface area contributed by atoms with Gasteiger partial charge in [-0.2, -0.15) is 0 Å². The first kappa shape index (κ1) is 10.0. The zero-order valence-corrected chi connectivity index (χ0v) is 8.40. The van der Waals surface area contributed by atoms with Gasteiger partial charge >= 0.3 is 0 Å². The van der Waals surface area contributed by atoms with Crippen molar-refractivity contribution in [2.75, 3.05) is 19.6 Å². The van der Waals surface area contributed by atoms with E-state index in [0.717, 1.165) is 12.5 Å². The van der Waals surface area contributed by atoms with Gasteiger partial charge in [0.1, 0.15) is 0 Å². The molecule has 0 saturated heterocycles. The highest BCUT2D eigenvalue weighted by Crippen LogP contribution is 2.27. The van der Waals surface area contributed by atoms with E-state index in [2.05, 4.69) is 24.5 Å². The van der Waals surface area contributed by atoms with Crippen LogP contribution in [0.15, 0.2) is 0 Å². The molecule has 0 spiro atoms. The molecule has 1 saturated carbocycles. The number of hydrogen-bond donors (Lipinski definition) is 2. The van der Waals surface area contributed by atoms with Gasteiger partial charge in [-0.05, 0) is 44.8 Å². The third kappa shape index (κ3) is 5.56. The molecule has 0 aliphatic heterocycles. The van der Waals surface area contributed by atoms with Crippen LogP contribution in [0.25, 0.3) is 0 Å². The van der Waals surface area contributed by atoms with Crippen molar-refractivity contribution in [2.45, 2.75) is 39.2 Å². The second kappa shape index (κ2) is 5.55. The van der Waals surface area contributed by atoms with E-state index in [4.69, 9.17) is 0 Å². The molecular formula is C10H22N2. The lowest BCUT2D eigenvalue weighted by molar-refractivity contribution is 0.541. The summed E-state index contributed by atoms with van der Waals surface area (Å²) in [5, 5.41) is 6.89. The predicted octanol–water partition coefficient (Wildman–Crippen LogP) is 1.37. The predicted molar refractivity (Wildman–Crippen MR) is 53.3 cm³/mol. The average molecular weight is 170 g/mol. The summed E-state index contributed by atoms with van der Waals surface area (Å²) in [6, 6.07) is 0.633. The van der Waals surface area contributed by atoms with Crippen molar-refractivity contribution in [3.8, 4) is 0 Å². The van der Waals surface area contributed by atoms with Crippen molar-refractivity contribution < 1.29 is 0 Å². The maximum absolute atomic E-state index is 3.48. The first-order valence-electron chi connectivity index (χ1n) is 5.23. The van der Waals surface area contributed by atoms with Gasteiger partial charge in [0, 0.05) is 6.04 Å². The minimum Gasteiger partial charge on any atom is -0.316 e. The van der Waals surface area contributed by atoms with Crippen LogP contribution < -0.4 is 10.6 Å². The topological polar surface area (TPSA) is 24.1 Å². The van der Waals surface area contributed by atoms with Crippen molar-refractivity contribution in [2.24, 2.45) is 5.92 Å². The molecule has 0 radical (unpaired) electrons. The third-order valence-corrected chi connectivity index (χ3v) is 2.21. The Hall–Kier alpha value is -0.0800. The normalized spacial score (nSPS) is 17.2. The van der Waals surface area contributed by atoms with Gasteiger partial charge in [0.15, 0.2) is 0 Å². The maximum Gasteiger partial charge on any atom is 0.00103 e. The van der Waals surface area contributed by atoms with Crippen LogP contribution in [-0.4, -0.2) is 25.7 Å². The van der Waals surface area contributed by atoms with Crippen LogP contribution in [-0.2, 0) is 0 Å². The molecule has 0 amide bonds. The van der Waals surface area contributed by atoms with E-state index in [1.54, 1.807) is 0 Å². The largest absolute Gasteiger partial charge is 0.316 e. The fourth-order valence-corrected chi connectivity index (χ4v) is 1.23. The lowest BCUT2D eigenvalue weighted by atomic mass is 10.3. The first-order chi connectivity index (χ1) is 5.79. The van der Waals surface area contributed by atoms with Gasteiger partial charge in [-0.15, -0.1) is 0 Å². The summed E-state index contributed by atoms with van der Waals surface area (Å²) in [6.07, 6.45) is 4.17. The molecule has 72 valence electrons. The molecule has 12 heavy (non-hydrogen) atoms. The molecule has 1 aliphatic rings. The fraction of sp³-hybridized carbons (Fsp3) is 1.00. The van der Waals surface area contributed by atoms with Crippen LogP contribution in [0.1, 0.15) is 33.1 Å². The summed E-state index contributed by atoms with van der Waals surface area (Å²) in [5.41, 5.74) is 0. The number of rotatable bonds is 7. The van der Waals surface area contributed by atoms with E-state index in [0.29, 0.717) is 6.04 Å². The molecule has 0 bridgehead atoms. The van der Waals surface area contributed by atoms with E-state index >= 15 is 0 Å². The van der Waals surface area contributed by atoms with Gasteiger partial charge < -0.3 is 10.6 Å². The SMILES string of the molecule is CC(C)NCCCNCC1CC1. The fourth-order valence-electron chi connectivity index (χ4n) is 1.23. The summed E-state index contributed by atoms with van der Waals surface area (Å²) in [4.78, 5) is 0. The Morgan fingerprint density at radius 2 is 2.00 bits per heavy atom. The monoisotopic (exact) mass is 170 g/mol. The van der Waals surface area contributed by atoms with E-state index in [1.807, 2.05) is 0 Å². The van der Waals surface area contributed by atoms with Crippen LogP contribution in [0.5, 0.6) is 0 Å². The molecule has 1 rings (SSSR count). The first-order valence-corrected chi connectivity index (χ1v) is 5.23. The Bertz CT molecular complexity index is 102. The molecule has 0 aromatic rings. The Labute approximate surface area is 76.1 Å². The van der Waals surface area contributed by atoms with Crippen molar-refractivity contribution in [3.63, 3.8) is 0 Å². The molecule has 1 fully saturated rings. The second-order valence-electron chi connectivity index (χ2n) is 4.11. The number of hydrogen-bond acceptors (Lipinski definition) is 2. The molecule has 1 aliphatic carbocycles. The summed E-state index contributed by atoms with van der Waals surface area (Å²) < 4.78 is 0. The van der Waals surface area contributed by atoms with Gasteiger partial charge in [-0.3, -0.25) is 0 Å². The van der Waals surface area contributed by atoms with Crippen LogP contribution in [0.2, 0.25) is 0 Å². The maximum atomic E-state index is 3.48. The zero-order chi connectivity index (χ0) is 8.81. The van der Waals surface area contributed by atoms with Gasteiger partial charge in [0.25, 0.3) is 0 Å².